The van der Waals surface area contributed by atoms with Gasteiger partial charge < -0.3 is 9.72 Å². The first-order valence-corrected chi connectivity index (χ1v) is 10.7. The Morgan fingerprint density at radius 1 is 1.17 bits per heavy atom. The van der Waals surface area contributed by atoms with Crippen molar-refractivity contribution in [2.24, 2.45) is 0 Å². The molecule has 4 rings (SSSR count). The van der Waals surface area contributed by atoms with Crippen molar-refractivity contribution < 1.29 is 4.79 Å². The average molecular weight is 405 g/mol. The maximum Gasteiger partial charge on any atom is 0.183 e. The van der Waals surface area contributed by atoms with E-state index in [9.17, 15) is 4.79 Å². The van der Waals surface area contributed by atoms with Crippen LogP contribution < -0.4 is 5.32 Å². The van der Waals surface area contributed by atoms with Crippen LogP contribution in [0.25, 0.3) is 27.2 Å². The predicted molar refractivity (Wildman–Crippen MR) is 120 cm³/mol. The smallest absolute Gasteiger partial charge is 0.183 e. The lowest BCUT2D eigenvalue weighted by Crippen LogP contribution is -2.16. The number of carbonyl (C=O) groups excluding carboxylic acids is 1. The molecule has 29 heavy (non-hydrogen) atoms. The van der Waals surface area contributed by atoms with Crippen LogP contribution >= 0.6 is 11.3 Å². The summed E-state index contributed by atoms with van der Waals surface area (Å²) >= 11 is 1.66. The van der Waals surface area contributed by atoms with E-state index < -0.39 is 0 Å². The van der Waals surface area contributed by atoms with Crippen molar-refractivity contribution in [1.29, 1.82) is 0 Å². The van der Waals surface area contributed by atoms with Crippen molar-refractivity contribution >= 4 is 27.9 Å². The minimum Gasteiger partial charge on any atom is -0.359 e. The zero-order valence-electron chi connectivity index (χ0n) is 16.8. The molecule has 0 unspecified atom stereocenters. The van der Waals surface area contributed by atoms with E-state index in [1.54, 1.807) is 24.5 Å². The molecule has 3 aromatic heterocycles. The molecule has 3 heterocycles. The second-order valence-corrected chi connectivity index (χ2v) is 8.16. The minimum atomic E-state index is 0.0574. The fourth-order valence-electron chi connectivity index (χ4n) is 3.43. The summed E-state index contributed by atoms with van der Waals surface area (Å²) in [5.41, 5.74) is 4.63. The van der Waals surface area contributed by atoms with Crippen molar-refractivity contribution in [2.45, 2.75) is 39.7 Å². The van der Waals surface area contributed by atoms with Gasteiger partial charge in [-0.05, 0) is 37.5 Å². The van der Waals surface area contributed by atoms with E-state index in [0.29, 0.717) is 11.6 Å². The molecule has 0 aliphatic heterocycles. The molecule has 5 nitrogen and oxygen atoms in total. The molecular weight excluding hydrogens is 380 g/mol. The van der Waals surface area contributed by atoms with Crippen LogP contribution in [0.15, 0.2) is 55.1 Å². The number of nitrogens with one attached hydrogen (secondary N) is 1. The predicted octanol–water partition coefficient (Wildman–Crippen LogP) is 5.93. The lowest BCUT2D eigenvalue weighted by Gasteiger charge is -2.12. The largest absolute Gasteiger partial charge is 0.359 e. The Hall–Kier alpha value is -2.99. The van der Waals surface area contributed by atoms with Gasteiger partial charge in [0.05, 0.1) is 4.88 Å². The number of benzene rings is 1. The van der Waals surface area contributed by atoms with Gasteiger partial charge in [0.2, 0.25) is 0 Å². The van der Waals surface area contributed by atoms with Gasteiger partial charge in [0, 0.05) is 47.5 Å². The lowest BCUT2D eigenvalue weighted by molar-refractivity contribution is 0.101. The number of rotatable bonds is 7. The summed E-state index contributed by atoms with van der Waals surface area (Å²) in [4.78, 5) is 22.0. The number of aromatic nitrogens is 3. The zero-order chi connectivity index (χ0) is 20.4. The van der Waals surface area contributed by atoms with E-state index in [0.717, 1.165) is 45.2 Å². The number of carbonyl (C=O) groups is 1. The maximum atomic E-state index is 11.8. The molecule has 6 heteroatoms. The van der Waals surface area contributed by atoms with E-state index >= 15 is 0 Å². The number of anilines is 1. The van der Waals surface area contributed by atoms with Crippen LogP contribution in [0.3, 0.4) is 0 Å². The highest BCUT2D eigenvalue weighted by Crippen LogP contribution is 2.34. The molecule has 1 aromatic carbocycles. The fraction of sp³-hybridized carbons (Fsp3) is 0.261. The Kier molecular flexibility index (Phi) is 5.45. The molecule has 0 saturated heterocycles. The molecule has 0 spiro atoms. The van der Waals surface area contributed by atoms with Gasteiger partial charge in [-0.1, -0.05) is 43.4 Å². The van der Waals surface area contributed by atoms with Crippen molar-refractivity contribution in [1.82, 2.24) is 14.4 Å². The quantitative estimate of drug-likeness (QED) is 0.388. The Morgan fingerprint density at radius 2 is 2.00 bits per heavy atom. The molecule has 4 aromatic rings. The van der Waals surface area contributed by atoms with Crippen LogP contribution in [0.4, 0.5) is 5.13 Å². The third-order valence-electron chi connectivity index (χ3n) is 5.17. The third kappa shape index (κ3) is 3.93. The second kappa shape index (κ2) is 8.17. The van der Waals surface area contributed by atoms with Crippen LogP contribution in [-0.2, 0) is 0 Å². The zero-order valence-corrected chi connectivity index (χ0v) is 17.7. The van der Waals surface area contributed by atoms with E-state index in [1.807, 2.05) is 41.1 Å². The summed E-state index contributed by atoms with van der Waals surface area (Å²) < 4.78 is 2.03. The highest BCUT2D eigenvalue weighted by molar-refractivity contribution is 7.18. The van der Waals surface area contributed by atoms with E-state index in [4.69, 9.17) is 0 Å². The summed E-state index contributed by atoms with van der Waals surface area (Å²) in [6.45, 7) is 5.96. The van der Waals surface area contributed by atoms with Crippen LogP contribution in [-0.4, -0.2) is 26.2 Å². The van der Waals surface area contributed by atoms with Crippen LogP contribution in [0, 0.1) is 0 Å². The van der Waals surface area contributed by atoms with Gasteiger partial charge >= 0.3 is 0 Å². The van der Waals surface area contributed by atoms with E-state index in [1.165, 1.54) is 0 Å². The molecule has 0 bridgehead atoms. The summed E-state index contributed by atoms with van der Waals surface area (Å²) in [6, 6.07) is 10.3. The summed E-state index contributed by atoms with van der Waals surface area (Å²) in [5.74, 6) is 0.0574. The number of pyridine rings is 1. The molecule has 0 amide bonds. The van der Waals surface area contributed by atoms with Crippen molar-refractivity contribution in [3.8, 4) is 21.6 Å². The summed E-state index contributed by atoms with van der Waals surface area (Å²) in [7, 11) is 0. The standard InChI is InChI=1S/C23H24N4OS/c1-4-19(5-2)26-23-25-13-21(29-23)18-12-20(22-24-9-10-27(22)14-18)17-8-6-7-16(11-17)15(3)28/h6-14,19H,4-5H2,1-3H3,(H,25,26). The van der Waals surface area contributed by atoms with E-state index in [-0.39, 0.29) is 5.78 Å². The second-order valence-electron chi connectivity index (χ2n) is 7.12. The SMILES string of the molecule is CCC(CC)Nc1ncc(-c2cc(-c3cccc(C(C)=O)c3)c3nccn3c2)s1. The monoisotopic (exact) mass is 404 g/mol. The Morgan fingerprint density at radius 3 is 2.76 bits per heavy atom. The van der Waals surface area contributed by atoms with Crippen molar-refractivity contribution in [3.05, 3.63) is 60.7 Å². The topological polar surface area (TPSA) is 59.3 Å². The van der Waals surface area contributed by atoms with Crippen molar-refractivity contribution in [2.75, 3.05) is 5.32 Å². The number of imidazole rings is 1. The van der Waals surface area contributed by atoms with Gasteiger partial charge in [-0.25, -0.2) is 9.97 Å². The van der Waals surface area contributed by atoms with Gasteiger partial charge in [-0.3, -0.25) is 4.79 Å². The van der Waals surface area contributed by atoms with Gasteiger partial charge in [0.15, 0.2) is 10.9 Å². The van der Waals surface area contributed by atoms with E-state index in [2.05, 4.69) is 41.4 Å². The summed E-state index contributed by atoms with van der Waals surface area (Å²) in [6.07, 6.45) is 9.89. The number of nitrogens with zero attached hydrogens (tertiary/aromatic N) is 3. The highest BCUT2D eigenvalue weighted by atomic mass is 32.1. The lowest BCUT2D eigenvalue weighted by atomic mass is 10.0. The molecule has 0 saturated carbocycles. The van der Waals surface area contributed by atoms with Crippen molar-refractivity contribution in [3.63, 3.8) is 0 Å². The first-order valence-electron chi connectivity index (χ1n) is 9.89. The number of hydrogen-bond donors (Lipinski definition) is 1. The Bertz CT molecular complexity index is 1160. The van der Waals surface area contributed by atoms with Gasteiger partial charge in [0.25, 0.3) is 0 Å². The third-order valence-corrected chi connectivity index (χ3v) is 6.15. The number of hydrogen-bond acceptors (Lipinski definition) is 5. The normalized spacial score (nSPS) is 11.3. The fourth-order valence-corrected chi connectivity index (χ4v) is 4.30. The molecular formula is C23H24N4OS. The van der Waals surface area contributed by atoms with Gasteiger partial charge in [-0.2, -0.15) is 0 Å². The minimum absolute atomic E-state index is 0.0574. The molecule has 0 aliphatic rings. The van der Waals surface area contributed by atoms with Gasteiger partial charge in [-0.15, -0.1) is 0 Å². The molecule has 1 N–H and O–H groups in total. The van der Waals surface area contributed by atoms with Crippen LogP contribution in [0.1, 0.15) is 44.0 Å². The van der Waals surface area contributed by atoms with Crippen LogP contribution in [0.5, 0.6) is 0 Å². The Labute approximate surface area is 174 Å². The molecule has 148 valence electrons. The average Bonchev–Trinajstić information content (AvgIpc) is 3.40. The summed E-state index contributed by atoms with van der Waals surface area (Å²) in [5, 5.41) is 4.46. The first-order chi connectivity index (χ1) is 14.1. The van der Waals surface area contributed by atoms with Gasteiger partial charge in [0.1, 0.15) is 5.65 Å². The maximum absolute atomic E-state index is 11.8. The highest BCUT2D eigenvalue weighted by Gasteiger charge is 2.13. The Balaban J connectivity index is 1.77. The molecule has 0 radical (unpaired) electrons. The van der Waals surface area contributed by atoms with Crippen LogP contribution in [0.2, 0.25) is 0 Å². The number of ketones is 1. The number of fused-ring (bicyclic) bond motifs is 1. The number of thiazole rings is 1. The number of Topliss-reactive ketones (excluding diaryl/α,β-unsaturated/α-hetero) is 1. The molecule has 0 fully saturated rings. The first kappa shape index (κ1) is 19.3. The molecule has 0 atom stereocenters. The molecule has 0 aliphatic carbocycles.